The Bertz CT molecular complexity index is 949. The number of aromatic nitrogens is 2. The first kappa shape index (κ1) is 18.1. The maximum atomic E-state index is 6.23. The number of ether oxygens (including phenoxy) is 1. The number of nitrogen functional groups attached to an aromatic ring is 1. The average Bonchev–Trinajstić information content (AvgIpc) is 2.62. The third-order valence-corrected chi connectivity index (χ3v) is 4.52. The first-order chi connectivity index (χ1) is 12.5. The summed E-state index contributed by atoms with van der Waals surface area (Å²) < 4.78 is 5.37. The molecule has 8 heteroatoms. The van der Waals surface area contributed by atoms with Gasteiger partial charge in [-0.2, -0.15) is 0 Å². The number of benzene rings is 2. The van der Waals surface area contributed by atoms with Crippen molar-refractivity contribution in [3.8, 4) is 5.75 Å². The Hall–Kier alpha value is -2.70. The minimum Gasteiger partial charge on any atom is -0.495 e. The van der Waals surface area contributed by atoms with Gasteiger partial charge in [0.2, 0.25) is 0 Å². The van der Waals surface area contributed by atoms with E-state index < -0.39 is 0 Å². The van der Waals surface area contributed by atoms with Gasteiger partial charge in [-0.25, -0.2) is 9.97 Å². The van der Waals surface area contributed by atoms with E-state index in [9.17, 15) is 0 Å². The number of nitrogens with two attached hydrogens (primary N) is 1. The van der Waals surface area contributed by atoms with E-state index in [0.717, 1.165) is 11.3 Å². The summed E-state index contributed by atoms with van der Waals surface area (Å²) in [5.74, 6) is 1.55. The molecule has 1 aromatic heterocycles. The maximum absolute atomic E-state index is 6.23. The molecule has 0 aliphatic rings. The lowest BCUT2D eigenvalue weighted by atomic mass is 10.2. The van der Waals surface area contributed by atoms with Gasteiger partial charge in [-0.15, -0.1) is 0 Å². The summed E-state index contributed by atoms with van der Waals surface area (Å²) >= 11 is 12.3. The standard InChI is InChI=1S/C18H17Cl2N5O/c1-10-6-7-14(26-2)13(8-10)25-18-16(21)17(22-9-23-18)24-12-5-3-4-11(19)15(12)20/h3-9H,21H2,1-2H3,(H2,22,23,24,25). The normalized spacial score (nSPS) is 10.5. The van der Waals surface area contributed by atoms with Crippen molar-refractivity contribution in [1.29, 1.82) is 0 Å². The molecular weight excluding hydrogens is 373 g/mol. The summed E-state index contributed by atoms with van der Waals surface area (Å²) in [7, 11) is 1.60. The summed E-state index contributed by atoms with van der Waals surface area (Å²) in [6.07, 6.45) is 1.40. The van der Waals surface area contributed by atoms with Crippen molar-refractivity contribution in [2.75, 3.05) is 23.5 Å². The van der Waals surface area contributed by atoms with E-state index >= 15 is 0 Å². The third kappa shape index (κ3) is 3.76. The molecule has 0 unspecified atom stereocenters. The van der Waals surface area contributed by atoms with Crippen LogP contribution in [0.25, 0.3) is 0 Å². The summed E-state index contributed by atoms with van der Waals surface area (Å²) in [5, 5.41) is 7.10. The van der Waals surface area contributed by atoms with Crippen molar-refractivity contribution in [3.05, 3.63) is 58.3 Å². The van der Waals surface area contributed by atoms with Gasteiger partial charge in [-0.1, -0.05) is 35.3 Å². The average molecular weight is 390 g/mol. The Morgan fingerprint density at radius 2 is 1.69 bits per heavy atom. The van der Waals surface area contributed by atoms with Crippen LogP contribution in [0.4, 0.5) is 28.7 Å². The van der Waals surface area contributed by atoms with E-state index in [0.29, 0.717) is 38.8 Å². The highest BCUT2D eigenvalue weighted by atomic mass is 35.5. The minimum absolute atomic E-state index is 0.340. The second-order valence-electron chi connectivity index (χ2n) is 5.54. The van der Waals surface area contributed by atoms with Gasteiger partial charge < -0.3 is 21.1 Å². The summed E-state index contributed by atoms with van der Waals surface area (Å²) in [4.78, 5) is 8.41. The Morgan fingerprint density at radius 1 is 1.00 bits per heavy atom. The van der Waals surface area contributed by atoms with Gasteiger partial charge in [0.15, 0.2) is 11.6 Å². The number of halogens is 2. The van der Waals surface area contributed by atoms with Crippen molar-refractivity contribution < 1.29 is 4.74 Å². The molecule has 0 bridgehead atoms. The molecular formula is C18H17Cl2N5O. The molecule has 0 spiro atoms. The number of rotatable bonds is 5. The van der Waals surface area contributed by atoms with Crippen molar-refractivity contribution in [3.63, 3.8) is 0 Å². The maximum Gasteiger partial charge on any atom is 0.159 e. The molecule has 0 aliphatic carbocycles. The van der Waals surface area contributed by atoms with Crippen molar-refractivity contribution >= 4 is 51.9 Å². The van der Waals surface area contributed by atoms with Gasteiger partial charge in [-0.3, -0.25) is 0 Å². The smallest absolute Gasteiger partial charge is 0.159 e. The molecule has 2 aromatic carbocycles. The lowest BCUT2D eigenvalue weighted by molar-refractivity contribution is 0.416. The largest absolute Gasteiger partial charge is 0.495 e. The Kier molecular flexibility index (Phi) is 5.35. The number of nitrogens with one attached hydrogen (secondary N) is 2. The van der Waals surface area contributed by atoms with Crippen LogP contribution >= 0.6 is 23.2 Å². The van der Waals surface area contributed by atoms with Crippen molar-refractivity contribution in [2.45, 2.75) is 6.92 Å². The second kappa shape index (κ2) is 7.68. The van der Waals surface area contributed by atoms with E-state index in [-0.39, 0.29) is 0 Å². The molecule has 1 heterocycles. The Balaban J connectivity index is 1.93. The van der Waals surface area contributed by atoms with Crippen LogP contribution in [0.5, 0.6) is 5.75 Å². The lowest BCUT2D eigenvalue weighted by Gasteiger charge is -2.15. The van der Waals surface area contributed by atoms with Gasteiger partial charge >= 0.3 is 0 Å². The van der Waals surface area contributed by atoms with E-state index in [2.05, 4.69) is 20.6 Å². The zero-order valence-corrected chi connectivity index (χ0v) is 15.7. The zero-order valence-electron chi connectivity index (χ0n) is 14.2. The van der Waals surface area contributed by atoms with E-state index in [1.807, 2.05) is 25.1 Å². The molecule has 0 atom stereocenters. The van der Waals surface area contributed by atoms with Crippen molar-refractivity contribution in [2.24, 2.45) is 0 Å². The molecule has 26 heavy (non-hydrogen) atoms. The van der Waals surface area contributed by atoms with Crippen LogP contribution in [0, 0.1) is 6.92 Å². The lowest BCUT2D eigenvalue weighted by Crippen LogP contribution is -2.06. The van der Waals surface area contributed by atoms with Crippen LogP contribution in [-0.4, -0.2) is 17.1 Å². The molecule has 134 valence electrons. The highest BCUT2D eigenvalue weighted by Crippen LogP contribution is 2.35. The van der Waals surface area contributed by atoms with E-state index in [1.54, 1.807) is 25.3 Å². The second-order valence-corrected chi connectivity index (χ2v) is 6.32. The predicted molar refractivity (Wildman–Crippen MR) is 107 cm³/mol. The van der Waals surface area contributed by atoms with Gasteiger partial charge in [0.05, 0.1) is 28.5 Å². The molecule has 0 fully saturated rings. The summed E-state index contributed by atoms with van der Waals surface area (Å²) in [6.45, 7) is 1.99. The minimum atomic E-state index is 0.340. The molecule has 4 N–H and O–H groups in total. The highest BCUT2D eigenvalue weighted by molar-refractivity contribution is 6.43. The summed E-state index contributed by atoms with van der Waals surface area (Å²) in [5.41, 5.74) is 9.00. The van der Waals surface area contributed by atoms with Crippen molar-refractivity contribution in [1.82, 2.24) is 9.97 Å². The number of hydrogen-bond donors (Lipinski definition) is 3. The van der Waals surface area contributed by atoms with Crippen LogP contribution < -0.4 is 21.1 Å². The fraction of sp³-hybridized carbons (Fsp3) is 0.111. The topological polar surface area (TPSA) is 85.1 Å². The number of methoxy groups -OCH3 is 1. The Labute approximate surface area is 161 Å². The van der Waals surface area contributed by atoms with Gasteiger partial charge in [0.1, 0.15) is 17.8 Å². The monoisotopic (exact) mass is 389 g/mol. The third-order valence-electron chi connectivity index (χ3n) is 3.70. The van der Waals surface area contributed by atoms with Gasteiger partial charge in [0.25, 0.3) is 0 Å². The van der Waals surface area contributed by atoms with Crippen LogP contribution in [0.1, 0.15) is 5.56 Å². The molecule has 0 amide bonds. The van der Waals surface area contributed by atoms with E-state index in [4.69, 9.17) is 33.7 Å². The number of anilines is 5. The number of hydrogen-bond acceptors (Lipinski definition) is 6. The summed E-state index contributed by atoms with van der Waals surface area (Å²) in [6, 6.07) is 11.1. The molecule has 0 saturated heterocycles. The Morgan fingerprint density at radius 3 is 2.38 bits per heavy atom. The number of aryl methyl sites for hydroxylation is 1. The zero-order chi connectivity index (χ0) is 18.7. The fourth-order valence-corrected chi connectivity index (χ4v) is 2.72. The first-order valence-electron chi connectivity index (χ1n) is 7.72. The van der Waals surface area contributed by atoms with Crippen LogP contribution in [0.3, 0.4) is 0 Å². The highest BCUT2D eigenvalue weighted by Gasteiger charge is 2.13. The van der Waals surface area contributed by atoms with Crippen LogP contribution in [0.2, 0.25) is 10.0 Å². The molecule has 0 aliphatic heterocycles. The molecule has 6 nitrogen and oxygen atoms in total. The fourth-order valence-electron chi connectivity index (χ4n) is 2.37. The SMILES string of the molecule is COc1ccc(C)cc1Nc1ncnc(Nc2cccc(Cl)c2Cl)c1N. The molecule has 3 aromatic rings. The van der Waals surface area contributed by atoms with Gasteiger partial charge in [0, 0.05) is 0 Å². The number of nitrogens with zero attached hydrogens (tertiary/aromatic N) is 2. The molecule has 0 radical (unpaired) electrons. The quantitative estimate of drug-likeness (QED) is 0.557. The van der Waals surface area contributed by atoms with Crippen LogP contribution in [-0.2, 0) is 0 Å². The molecule has 3 rings (SSSR count). The molecule has 0 saturated carbocycles. The predicted octanol–water partition coefficient (Wildman–Crippen LogP) is 5.17. The van der Waals surface area contributed by atoms with E-state index in [1.165, 1.54) is 6.33 Å². The first-order valence-corrected chi connectivity index (χ1v) is 8.48. The van der Waals surface area contributed by atoms with Gasteiger partial charge in [-0.05, 0) is 36.8 Å². The van der Waals surface area contributed by atoms with Crippen LogP contribution in [0.15, 0.2) is 42.7 Å².